The summed E-state index contributed by atoms with van der Waals surface area (Å²) >= 11 is 6.09. The van der Waals surface area contributed by atoms with Gasteiger partial charge in [-0.1, -0.05) is 54.1 Å². The summed E-state index contributed by atoms with van der Waals surface area (Å²) in [5, 5.41) is 9.65. The maximum absolute atomic E-state index is 13.5. The molecule has 6 nitrogen and oxygen atoms in total. The predicted molar refractivity (Wildman–Crippen MR) is 147 cm³/mol. The van der Waals surface area contributed by atoms with E-state index in [0.717, 1.165) is 36.5 Å². The lowest BCUT2D eigenvalue weighted by Gasteiger charge is -2.21. The normalized spacial score (nSPS) is 19.9. The van der Waals surface area contributed by atoms with Gasteiger partial charge in [0.05, 0.1) is 22.4 Å². The molecular formula is C31H28ClN3O3. The third kappa shape index (κ3) is 4.65. The highest BCUT2D eigenvalue weighted by Crippen LogP contribution is 2.59. The van der Waals surface area contributed by atoms with Crippen molar-refractivity contribution < 1.29 is 14.7 Å². The molecular weight excluding hydrogens is 498 g/mol. The molecule has 2 fully saturated rings. The summed E-state index contributed by atoms with van der Waals surface area (Å²) in [5.41, 5.74) is 5.88. The zero-order chi connectivity index (χ0) is 26.3. The molecule has 3 aromatic carbocycles. The van der Waals surface area contributed by atoms with Gasteiger partial charge in [0, 0.05) is 41.1 Å². The molecule has 2 aliphatic rings. The van der Waals surface area contributed by atoms with Crippen LogP contribution in [0.15, 0.2) is 72.8 Å². The third-order valence-electron chi connectivity index (χ3n) is 7.94. The molecule has 1 amide bonds. The van der Waals surface area contributed by atoms with Crippen LogP contribution in [0.25, 0.3) is 22.3 Å². The van der Waals surface area contributed by atoms with Gasteiger partial charge in [0.1, 0.15) is 0 Å². The maximum atomic E-state index is 13.5. The molecule has 2 unspecified atom stereocenters. The number of aromatic nitrogens is 2. The number of carboxylic acids is 1. The molecule has 1 aliphatic heterocycles. The topological polar surface area (TPSA) is 83.4 Å². The van der Waals surface area contributed by atoms with Crippen molar-refractivity contribution in [2.45, 2.75) is 37.5 Å². The number of aryl methyl sites for hydroxylation is 1. The van der Waals surface area contributed by atoms with Crippen molar-refractivity contribution >= 4 is 34.5 Å². The van der Waals surface area contributed by atoms with Crippen LogP contribution in [-0.4, -0.2) is 44.9 Å². The van der Waals surface area contributed by atoms with E-state index in [0.29, 0.717) is 46.8 Å². The van der Waals surface area contributed by atoms with E-state index in [-0.39, 0.29) is 17.7 Å². The Hall–Kier alpha value is -3.77. The Labute approximate surface area is 226 Å². The minimum atomic E-state index is -0.802. The van der Waals surface area contributed by atoms with E-state index >= 15 is 0 Å². The van der Waals surface area contributed by atoms with Crippen LogP contribution in [-0.2, 0) is 16.6 Å². The molecule has 1 saturated heterocycles. The standard InChI is InChI=1S/C31H28ClN3O3/c32-24-13-10-20(11-14-24)29-26(8-4-5-9-28(36)37)33-27-16-21(12-15-25(27)34-29)30(38)35-18-23-17-31(23,19-35)22-6-2-1-3-7-22/h1-3,6-7,10-16,23H,4-5,8-9,17-19H2,(H,36,37). The number of halogens is 1. The van der Waals surface area contributed by atoms with Gasteiger partial charge >= 0.3 is 5.97 Å². The molecule has 0 spiro atoms. The molecule has 7 heteroatoms. The van der Waals surface area contributed by atoms with Gasteiger partial charge in [0.25, 0.3) is 5.91 Å². The quantitative estimate of drug-likeness (QED) is 0.278. The Bertz CT molecular complexity index is 1520. The molecule has 2 atom stereocenters. The maximum Gasteiger partial charge on any atom is 0.303 e. The number of hydrogen-bond acceptors (Lipinski definition) is 4. The fourth-order valence-electron chi connectivity index (χ4n) is 5.84. The fraction of sp³-hybridized carbons (Fsp3) is 0.290. The number of fused-ring (bicyclic) bond motifs is 2. The number of likely N-dealkylation sites (tertiary alicyclic amines) is 1. The number of carboxylic acid groups (broad SMARTS) is 1. The van der Waals surface area contributed by atoms with E-state index < -0.39 is 5.97 Å². The average Bonchev–Trinajstić information content (AvgIpc) is 3.51. The molecule has 1 N–H and O–H groups in total. The van der Waals surface area contributed by atoms with Gasteiger partial charge in [-0.15, -0.1) is 0 Å². The summed E-state index contributed by atoms with van der Waals surface area (Å²) in [6, 6.07) is 23.6. The van der Waals surface area contributed by atoms with Gasteiger partial charge in [-0.05, 0) is 67.5 Å². The summed E-state index contributed by atoms with van der Waals surface area (Å²) in [4.78, 5) is 36.3. The van der Waals surface area contributed by atoms with Crippen LogP contribution in [0.4, 0.5) is 0 Å². The van der Waals surface area contributed by atoms with Crippen molar-refractivity contribution in [3.05, 3.63) is 94.6 Å². The Balaban J connectivity index is 1.28. The molecule has 2 heterocycles. The summed E-state index contributed by atoms with van der Waals surface area (Å²) in [6.07, 6.45) is 3.11. The minimum Gasteiger partial charge on any atom is -0.481 e. The first-order valence-electron chi connectivity index (χ1n) is 13.1. The first-order chi connectivity index (χ1) is 18.4. The SMILES string of the molecule is O=C(O)CCCCc1nc2cc(C(=O)N3CC4CC4(c4ccccc4)C3)ccc2nc1-c1ccc(Cl)cc1. The molecule has 4 aromatic rings. The van der Waals surface area contributed by atoms with E-state index in [1.807, 2.05) is 53.4 Å². The second-order valence-electron chi connectivity index (χ2n) is 10.4. The van der Waals surface area contributed by atoms with Crippen LogP contribution in [0.1, 0.15) is 47.3 Å². The first kappa shape index (κ1) is 24.6. The molecule has 192 valence electrons. The number of benzene rings is 3. The van der Waals surface area contributed by atoms with Crippen LogP contribution in [0.5, 0.6) is 0 Å². The monoisotopic (exact) mass is 525 g/mol. The fourth-order valence-corrected chi connectivity index (χ4v) is 5.97. The highest BCUT2D eigenvalue weighted by molar-refractivity contribution is 6.30. The van der Waals surface area contributed by atoms with Crippen LogP contribution in [0.3, 0.4) is 0 Å². The summed E-state index contributed by atoms with van der Waals surface area (Å²) in [6.45, 7) is 1.52. The summed E-state index contributed by atoms with van der Waals surface area (Å²) in [7, 11) is 0. The van der Waals surface area contributed by atoms with Gasteiger partial charge in [-0.25, -0.2) is 9.97 Å². The van der Waals surface area contributed by atoms with E-state index in [9.17, 15) is 9.59 Å². The average molecular weight is 526 g/mol. The number of piperidine rings is 1. The lowest BCUT2D eigenvalue weighted by molar-refractivity contribution is -0.137. The van der Waals surface area contributed by atoms with Gasteiger partial charge in [-0.2, -0.15) is 0 Å². The Kier molecular flexibility index (Phi) is 6.36. The Morgan fingerprint density at radius 3 is 2.53 bits per heavy atom. The second-order valence-corrected chi connectivity index (χ2v) is 10.9. The van der Waals surface area contributed by atoms with Gasteiger partial charge in [0.2, 0.25) is 0 Å². The molecule has 1 saturated carbocycles. The third-order valence-corrected chi connectivity index (χ3v) is 8.19. The largest absolute Gasteiger partial charge is 0.481 e. The molecule has 0 bridgehead atoms. The number of carbonyl (C=O) groups excluding carboxylic acids is 1. The van der Waals surface area contributed by atoms with E-state index in [1.165, 1.54) is 5.56 Å². The molecule has 1 aromatic heterocycles. The Morgan fingerprint density at radius 2 is 1.76 bits per heavy atom. The zero-order valence-electron chi connectivity index (χ0n) is 20.9. The number of rotatable bonds is 8. The zero-order valence-corrected chi connectivity index (χ0v) is 21.7. The van der Waals surface area contributed by atoms with Crippen LogP contribution < -0.4 is 0 Å². The molecule has 0 radical (unpaired) electrons. The molecule has 38 heavy (non-hydrogen) atoms. The number of aliphatic carboxylic acids is 1. The minimum absolute atomic E-state index is 0.0287. The van der Waals surface area contributed by atoms with Gasteiger partial charge in [-0.3, -0.25) is 9.59 Å². The smallest absolute Gasteiger partial charge is 0.303 e. The van der Waals surface area contributed by atoms with Crippen molar-refractivity contribution in [3.63, 3.8) is 0 Å². The van der Waals surface area contributed by atoms with Crippen molar-refractivity contribution in [2.24, 2.45) is 5.92 Å². The van der Waals surface area contributed by atoms with E-state index in [2.05, 4.69) is 24.3 Å². The summed E-state index contributed by atoms with van der Waals surface area (Å²) in [5.74, 6) is -0.251. The van der Waals surface area contributed by atoms with E-state index in [1.54, 1.807) is 0 Å². The van der Waals surface area contributed by atoms with Crippen molar-refractivity contribution in [1.82, 2.24) is 14.9 Å². The number of nitrogens with zero attached hydrogens (tertiary/aromatic N) is 3. The number of hydrogen-bond donors (Lipinski definition) is 1. The highest BCUT2D eigenvalue weighted by atomic mass is 35.5. The van der Waals surface area contributed by atoms with Crippen LogP contribution >= 0.6 is 11.6 Å². The molecule has 1 aliphatic carbocycles. The predicted octanol–water partition coefficient (Wildman–Crippen LogP) is 6.16. The number of amides is 1. The lowest BCUT2D eigenvalue weighted by Crippen LogP contribution is -2.32. The van der Waals surface area contributed by atoms with Gasteiger partial charge in [0.15, 0.2) is 0 Å². The first-order valence-corrected chi connectivity index (χ1v) is 13.4. The van der Waals surface area contributed by atoms with Crippen LogP contribution in [0.2, 0.25) is 5.02 Å². The van der Waals surface area contributed by atoms with Gasteiger partial charge < -0.3 is 10.0 Å². The van der Waals surface area contributed by atoms with Crippen molar-refractivity contribution in [3.8, 4) is 11.3 Å². The van der Waals surface area contributed by atoms with Crippen molar-refractivity contribution in [1.29, 1.82) is 0 Å². The van der Waals surface area contributed by atoms with Crippen LogP contribution in [0, 0.1) is 5.92 Å². The second kappa shape index (κ2) is 9.84. The number of carbonyl (C=O) groups is 2. The lowest BCUT2D eigenvalue weighted by atomic mass is 9.95. The Morgan fingerprint density at radius 1 is 0.974 bits per heavy atom. The number of unbranched alkanes of at least 4 members (excludes halogenated alkanes) is 1. The highest BCUT2D eigenvalue weighted by Gasteiger charge is 2.61. The van der Waals surface area contributed by atoms with E-state index in [4.69, 9.17) is 26.7 Å². The summed E-state index contributed by atoms with van der Waals surface area (Å²) < 4.78 is 0. The molecule has 6 rings (SSSR count). The van der Waals surface area contributed by atoms with Crippen molar-refractivity contribution in [2.75, 3.05) is 13.1 Å².